The first-order valence-corrected chi connectivity index (χ1v) is 10.0. The van der Waals surface area contributed by atoms with Crippen LogP contribution in [-0.4, -0.2) is 36.1 Å². The van der Waals surface area contributed by atoms with Gasteiger partial charge in [-0.2, -0.15) is 4.98 Å². The summed E-state index contributed by atoms with van der Waals surface area (Å²) in [5, 5.41) is 3.39. The van der Waals surface area contributed by atoms with E-state index >= 15 is 0 Å². The van der Waals surface area contributed by atoms with Gasteiger partial charge in [0.25, 0.3) is 0 Å². The van der Waals surface area contributed by atoms with Gasteiger partial charge in [-0.3, -0.25) is 0 Å². The molecule has 2 fully saturated rings. The number of nitrogens with one attached hydrogen (secondary N) is 1. The molecule has 1 aromatic heterocycles. The second-order valence-electron chi connectivity index (χ2n) is 7.46. The first kappa shape index (κ1) is 17.1. The van der Waals surface area contributed by atoms with Crippen molar-refractivity contribution in [2.45, 2.75) is 45.4 Å². The lowest BCUT2D eigenvalue weighted by Crippen LogP contribution is -2.25. The first-order chi connectivity index (χ1) is 12.8. The molecule has 0 unspecified atom stereocenters. The zero-order chi connectivity index (χ0) is 17.8. The van der Waals surface area contributed by atoms with Crippen LogP contribution in [0, 0.1) is 6.92 Å². The highest BCUT2D eigenvalue weighted by Gasteiger charge is 2.14. The van der Waals surface area contributed by atoms with Crippen LogP contribution in [0.4, 0.5) is 23.1 Å². The summed E-state index contributed by atoms with van der Waals surface area (Å²) in [7, 11) is 0. The maximum absolute atomic E-state index is 4.79. The zero-order valence-electron chi connectivity index (χ0n) is 15.7. The van der Waals surface area contributed by atoms with Gasteiger partial charge in [0.05, 0.1) is 0 Å². The molecule has 5 heteroatoms. The first-order valence-electron chi connectivity index (χ1n) is 10.0. The average molecular weight is 351 g/mol. The minimum absolute atomic E-state index is 0.693. The highest BCUT2D eigenvalue weighted by molar-refractivity contribution is 5.60. The Kier molecular flexibility index (Phi) is 5.23. The van der Waals surface area contributed by atoms with Crippen molar-refractivity contribution in [1.82, 2.24) is 9.97 Å². The quantitative estimate of drug-likeness (QED) is 0.878. The molecule has 0 amide bonds. The molecule has 0 radical (unpaired) electrons. The summed E-state index contributed by atoms with van der Waals surface area (Å²) >= 11 is 0. The van der Waals surface area contributed by atoms with Crippen LogP contribution in [0.5, 0.6) is 0 Å². The molecular weight excluding hydrogens is 322 g/mol. The Bertz CT molecular complexity index is 714. The Hall–Kier alpha value is -2.30. The van der Waals surface area contributed by atoms with Gasteiger partial charge in [-0.1, -0.05) is 12.8 Å². The normalized spacial score (nSPS) is 18.0. The summed E-state index contributed by atoms with van der Waals surface area (Å²) in [6, 6.07) is 10.8. The van der Waals surface area contributed by atoms with Crippen LogP contribution in [0.25, 0.3) is 0 Å². The highest BCUT2D eigenvalue weighted by atomic mass is 15.2. The van der Waals surface area contributed by atoms with Crippen LogP contribution >= 0.6 is 0 Å². The van der Waals surface area contributed by atoms with Crippen molar-refractivity contribution in [3.05, 3.63) is 36.0 Å². The highest BCUT2D eigenvalue weighted by Crippen LogP contribution is 2.24. The Morgan fingerprint density at radius 3 is 2.08 bits per heavy atom. The van der Waals surface area contributed by atoms with Gasteiger partial charge >= 0.3 is 0 Å². The van der Waals surface area contributed by atoms with Gasteiger partial charge in [-0.25, -0.2) is 4.98 Å². The minimum atomic E-state index is 0.693. The smallest absolute Gasteiger partial charge is 0.229 e. The van der Waals surface area contributed by atoms with Gasteiger partial charge in [0.15, 0.2) is 0 Å². The van der Waals surface area contributed by atoms with Crippen LogP contribution in [-0.2, 0) is 0 Å². The fourth-order valence-electron chi connectivity index (χ4n) is 3.93. The molecule has 4 rings (SSSR count). The van der Waals surface area contributed by atoms with Crippen molar-refractivity contribution < 1.29 is 0 Å². The van der Waals surface area contributed by atoms with Gasteiger partial charge in [-0.15, -0.1) is 0 Å². The Labute approximate surface area is 156 Å². The van der Waals surface area contributed by atoms with Gasteiger partial charge in [-0.05, 0) is 56.9 Å². The summed E-state index contributed by atoms with van der Waals surface area (Å²) in [5.74, 6) is 1.74. The van der Waals surface area contributed by atoms with E-state index in [-0.39, 0.29) is 0 Å². The number of aromatic nitrogens is 2. The lowest BCUT2D eigenvalue weighted by molar-refractivity contribution is 0.726. The minimum Gasteiger partial charge on any atom is -0.372 e. The molecule has 2 aliphatic heterocycles. The van der Waals surface area contributed by atoms with E-state index in [0.29, 0.717) is 5.95 Å². The summed E-state index contributed by atoms with van der Waals surface area (Å²) in [5.41, 5.74) is 3.36. The topological polar surface area (TPSA) is 44.3 Å². The lowest BCUT2D eigenvalue weighted by atomic mass is 10.2. The predicted molar refractivity (Wildman–Crippen MR) is 109 cm³/mol. The standard InChI is InChI=1S/C21H29N5/c1-17-16-20(26-14-4-2-3-5-15-26)24-21(22-17)23-18-8-10-19(11-9-18)25-12-6-7-13-25/h8-11,16H,2-7,12-15H2,1H3,(H,22,23,24). The molecule has 0 bridgehead atoms. The summed E-state index contributed by atoms with van der Waals surface area (Å²) in [4.78, 5) is 14.2. The number of rotatable bonds is 4. The van der Waals surface area contributed by atoms with E-state index in [1.807, 2.05) is 6.92 Å². The molecule has 5 nitrogen and oxygen atoms in total. The fourth-order valence-corrected chi connectivity index (χ4v) is 3.93. The van der Waals surface area contributed by atoms with Gasteiger partial charge < -0.3 is 15.1 Å². The summed E-state index contributed by atoms with van der Waals surface area (Å²) in [6.07, 6.45) is 7.77. The Balaban J connectivity index is 1.48. The number of nitrogens with zero attached hydrogens (tertiary/aromatic N) is 4. The Morgan fingerprint density at radius 2 is 1.38 bits per heavy atom. The van der Waals surface area contributed by atoms with Crippen molar-refractivity contribution in [3.8, 4) is 0 Å². The molecule has 2 saturated heterocycles. The number of hydrogen-bond donors (Lipinski definition) is 1. The molecular formula is C21H29N5. The SMILES string of the molecule is Cc1cc(N2CCCCCC2)nc(Nc2ccc(N3CCCC3)cc2)n1. The van der Waals surface area contributed by atoms with E-state index in [1.165, 1.54) is 57.3 Å². The third kappa shape index (κ3) is 4.09. The zero-order valence-corrected chi connectivity index (χ0v) is 15.7. The lowest BCUT2D eigenvalue weighted by Gasteiger charge is -2.22. The second kappa shape index (κ2) is 7.94. The van der Waals surface area contributed by atoms with E-state index < -0.39 is 0 Å². The van der Waals surface area contributed by atoms with Crippen molar-refractivity contribution in [2.24, 2.45) is 0 Å². The van der Waals surface area contributed by atoms with Crippen LogP contribution < -0.4 is 15.1 Å². The largest absolute Gasteiger partial charge is 0.372 e. The molecule has 0 atom stereocenters. The van der Waals surface area contributed by atoms with Crippen molar-refractivity contribution >= 4 is 23.1 Å². The predicted octanol–water partition coefficient (Wildman–Crippen LogP) is 4.51. The van der Waals surface area contributed by atoms with Crippen LogP contribution in [0.1, 0.15) is 44.2 Å². The number of aryl methyl sites for hydroxylation is 1. The van der Waals surface area contributed by atoms with Crippen LogP contribution in [0.2, 0.25) is 0 Å². The molecule has 0 saturated carbocycles. The second-order valence-corrected chi connectivity index (χ2v) is 7.46. The van der Waals surface area contributed by atoms with Gasteiger partial charge in [0.2, 0.25) is 5.95 Å². The monoisotopic (exact) mass is 351 g/mol. The maximum Gasteiger partial charge on any atom is 0.229 e. The third-order valence-corrected chi connectivity index (χ3v) is 5.37. The number of hydrogen-bond acceptors (Lipinski definition) is 5. The molecule has 0 spiro atoms. The molecule has 1 N–H and O–H groups in total. The van der Waals surface area contributed by atoms with Crippen molar-refractivity contribution in [1.29, 1.82) is 0 Å². The molecule has 26 heavy (non-hydrogen) atoms. The van der Waals surface area contributed by atoms with E-state index in [9.17, 15) is 0 Å². The summed E-state index contributed by atoms with van der Waals surface area (Å²) < 4.78 is 0. The molecule has 1 aromatic carbocycles. The van der Waals surface area contributed by atoms with Gasteiger partial charge in [0.1, 0.15) is 5.82 Å². The molecule has 2 aromatic rings. The Morgan fingerprint density at radius 1 is 0.769 bits per heavy atom. The molecule has 3 heterocycles. The van der Waals surface area contributed by atoms with Crippen LogP contribution in [0.15, 0.2) is 30.3 Å². The maximum atomic E-state index is 4.79. The van der Waals surface area contributed by atoms with E-state index in [0.717, 1.165) is 30.3 Å². The van der Waals surface area contributed by atoms with E-state index in [4.69, 9.17) is 4.98 Å². The van der Waals surface area contributed by atoms with Crippen molar-refractivity contribution in [3.63, 3.8) is 0 Å². The molecule has 138 valence electrons. The van der Waals surface area contributed by atoms with Crippen molar-refractivity contribution in [2.75, 3.05) is 41.3 Å². The third-order valence-electron chi connectivity index (χ3n) is 5.37. The average Bonchev–Trinajstić information content (AvgIpc) is 3.04. The fraction of sp³-hybridized carbons (Fsp3) is 0.524. The summed E-state index contributed by atoms with van der Waals surface area (Å²) in [6.45, 7) is 6.59. The number of benzene rings is 1. The molecule has 0 aliphatic carbocycles. The van der Waals surface area contributed by atoms with E-state index in [2.05, 4.69) is 50.4 Å². The molecule has 2 aliphatic rings. The van der Waals surface area contributed by atoms with Crippen LogP contribution in [0.3, 0.4) is 0 Å². The van der Waals surface area contributed by atoms with Gasteiger partial charge in [0, 0.05) is 49.3 Å². The number of anilines is 4. The van der Waals surface area contributed by atoms with E-state index in [1.54, 1.807) is 0 Å².